The van der Waals surface area contributed by atoms with Crippen molar-refractivity contribution in [1.29, 1.82) is 0 Å². The Morgan fingerprint density at radius 1 is 1.18 bits per heavy atom. The predicted molar refractivity (Wildman–Crippen MR) is 85.7 cm³/mol. The molecule has 0 unspecified atom stereocenters. The van der Waals surface area contributed by atoms with Crippen LogP contribution in [0, 0.1) is 0 Å². The molecule has 0 aliphatic heterocycles. The average molecular weight is 300 g/mol. The summed E-state index contributed by atoms with van der Waals surface area (Å²) in [6, 6.07) is 10.8. The van der Waals surface area contributed by atoms with Gasteiger partial charge in [-0.3, -0.25) is 4.79 Å². The number of anilines is 1. The summed E-state index contributed by atoms with van der Waals surface area (Å²) in [6.45, 7) is 0.399. The minimum Gasteiger partial charge on any atom is -0.347 e. The summed E-state index contributed by atoms with van der Waals surface area (Å²) in [5.41, 5.74) is 2.22. The van der Waals surface area contributed by atoms with Gasteiger partial charge >= 0.3 is 6.03 Å². The Balaban J connectivity index is 1.97. The van der Waals surface area contributed by atoms with Crippen LogP contribution in [0.25, 0.3) is 0 Å². The maximum absolute atomic E-state index is 12.0. The normalized spacial score (nSPS) is 10.1. The van der Waals surface area contributed by atoms with Gasteiger partial charge in [0, 0.05) is 39.6 Å². The lowest BCUT2D eigenvalue weighted by Gasteiger charge is -2.13. The van der Waals surface area contributed by atoms with Gasteiger partial charge in [-0.1, -0.05) is 12.1 Å². The van der Waals surface area contributed by atoms with Crippen LogP contribution >= 0.6 is 0 Å². The highest BCUT2D eigenvalue weighted by Gasteiger charge is 2.09. The fourth-order valence-corrected chi connectivity index (χ4v) is 1.96. The molecular weight excluding hydrogens is 280 g/mol. The number of hydrogen-bond acceptors (Lipinski definition) is 2. The largest absolute Gasteiger partial charge is 0.347 e. The van der Waals surface area contributed by atoms with E-state index < -0.39 is 0 Å². The molecule has 0 saturated carbocycles. The number of amides is 3. The number of nitrogens with zero attached hydrogens (tertiary/aromatic N) is 2. The Morgan fingerprint density at radius 2 is 1.95 bits per heavy atom. The Kier molecular flexibility index (Phi) is 4.83. The molecule has 1 heterocycles. The number of hydrogen-bond donors (Lipinski definition) is 2. The standard InChI is InChI=1S/C16H20N4O2/c1-19(2)16(22)18-13-7-4-6-12(10-13)11-17-15(21)14-8-5-9-20(14)3/h4-10H,11H2,1-3H3,(H,17,21)(H,18,22). The lowest BCUT2D eigenvalue weighted by Crippen LogP contribution is -2.27. The fourth-order valence-electron chi connectivity index (χ4n) is 1.96. The van der Waals surface area contributed by atoms with Crippen molar-refractivity contribution in [3.8, 4) is 0 Å². The smallest absolute Gasteiger partial charge is 0.321 e. The van der Waals surface area contributed by atoms with Gasteiger partial charge in [-0.05, 0) is 29.8 Å². The monoisotopic (exact) mass is 300 g/mol. The number of benzene rings is 1. The van der Waals surface area contributed by atoms with Crippen molar-refractivity contribution in [2.75, 3.05) is 19.4 Å². The van der Waals surface area contributed by atoms with Crippen LogP contribution in [0.3, 0.4) is 0 Å². The molecule has 3 amide bonds. The summed E-state index contributed by atoms with van der Waals surface area (Å²) in [5, 5.41) is 5.64. The highest BCUT2D eigenvalue weighted by molar-refractivity contribution is 5.92. The first-order valence-corrected chi connectivity index (χ1v) is 6.94. The maximum atomic E-state index is 12.0. The molecule has 0 aliphatic carbocycles. The van der Waals surface area contributed by atoms with E-state index in [-0.39, 0.29) is 11.9 Å². The molecule has 0 radical (unpaired) electrons. The minimum absolute atomic E-state index is 0.129. The second-order valence-electron chi connectivity index (χ2n) is 5.21. The van der Waals surface area contributed by atoms with E-state index in [1.165, 1.54) is 4.90 Å². The zero-order valence-corrected chi connectivity index (χ0v) is 13.0. The van der Waals surface area contributed by atoms with Gasteiger partial charge in [-0.25, -0.2) is 4.79 Å². The number of aromatic nitrogens is 1. The summed E-state index contributed by atoms with van der Waals surface area (Å²) >= 11 is 0. The summed E-state index contributed by atoms with van der Waals surface area (Å²) in [6.07, 6.45) is 1.83. The van der Waals surface area contributed by atoms with Crippen molar-refractivity contribution in [2.45, 2.75) is 6.54 Å². The third kappa shape index (κ3) is 3.88. The second kappa shape index (κ2) is 6.80. The first-order chi connectivity index (χ1) is 10.5. The number of rotatable bonds is 4. The van der Waals surface area contributed by atoms with Crippen molar-refractivity contribution in [3.63, 3.8) is 0 Å². The van der Waals surface area contributed by atoms with Gasteiger partial charge in [-0.15, -0.1) is 0 Å². The zero-order valence-electron chi connectivity index (χ0n) is 13.0. The average Bonchev–Trinajstić information content (AvgIpc) is 2.91. The molecule has 116 valence electrons. The number of nitrogens with one attached hydrogen (secondary N) is 2. The van der Waals surface area contributed by atoms with E-state index >= 15 is 0 Å². The van der Waals surface area contributed by atoms with Gasteiger partial charge in [0.25, 0.3) is 5.91 Å². The lowest BCUT2D eigenvalue weighted by molar-refractivity contribution is 0.0943. The molecule has 0 bridgehead atoms. The predicted octanol–water partition coefficient (Wildman–Crippen LogP) is 2.05. The van der Waals surface area contributed by atoms with E-state index in [9.17, 15) is 9.59 Å². The van der Waals surface area contributed by atoms with Gasteiger partial charge in [-0.2, -0.15) is 0 Å². The third-order valence-corrected chi connectivity index (χ3v) is 3.21. The molecule has 0 saturated heterocycles. The molecular formula is C16H20N4O2. The van der Waals surface area contributed by atoms with Crippen LogP contribution < -0.4 is 10.6 Å². The van der Waals surface area contributed by atoms with Crippen molar-refractivity contribution in [2.24, 2.45) is 7.05 Å². The molecule has 2 rings (SSSR count). The highest BCUT2D eigenvalue weighted by atomic mass is 16.2. The molecule has 0 spiro atoms. The Labute approximate surface area is 129 Å². The molecule has 2 N–H and O–H groups in total. The van der Waals surface area contributed by atoms with Crippen LogP contribution in [-0.4, -0.2) is 35.5 Å². The van der Waals surface area contributed by atoms with Crippen LogP contribution in [0.15, 0.2) is 42.6 Å². The van der Waals surface area contributed by atoms with Crippen molar-refractivity contribution < 1.29 is 9.59 Å². The molecule has 0 aliphatic rings. The van der Waals surface area contributed by atoms with Crippen molar-refractivity contribution in [1.82, 2.24) is 14.8 Å². The van der Waals surface area contributed by atoms with Crippen molar-refractivity contribution in [3.05, 3.63) is 53.9 Å². The number of carbonyl (C=O) groups is 2. The van der Waals surface area contributed by atoms with E-state index in [2.05, 4.69) is 10.6 Å². The number of urea groups is 1. The van der Waals surface area contributed by atoms with Gasteiger partial charge in [0.15, 0.2) is 0 Å². The fraction of sp³-hybridized carbons (Fsp3) is 0.250. The maximum Gasteiger partial charge on any atom is 0.321 e. The van der Waals surface area contributed by atoms with E-state index in [1.807, 2.05) is 43.6 Å². The van der Waals surface area contributed by atoms with Crippen LogP contribution in [0.4, 0.5) is 10.5 Å². The van der Waals surface area contributed by atoms with Crippen LogP contribution in [-0.2, 0) is 13.6 Å². The van der Waals surface area contributed by atoms with Crippen molar-refractivity contribution >= 4 is 17.6 Å². The minimum atomic E-state index is -0.190. The Bertz CT molecular complexity index is 676. The molecule has 6 heteroatoms. The molecule has 2 aromatic rings. The van der Waals surface area contributed by atoms with E-state index in [4.69, 9.17) is 0 Å². The second-order valence-corrected chi connectivity index (χ2v) is 5.21. The molecule has 1 aromatic heterocycles. The van der Waals surface area contributed by atoms with E-state index in [1.54, 1.807) is 24.7 Å². The third-order valence-electron chi connectivity index (χ3n) is 3.21. The molecule has 1 aromatic carbocycles. The van der Waals surface area contributed by atoms with Crippen LogP contribution in [0.1, 0.15) is 16.1 Å². The first-order valence-electron chi connectivity index (χ1n) is 6.94. The van der Waals surface area contributed by atoms with Gasteiger partial charge in [0.1, 0.15) is 5.69 Å². The summed E-state index contributed by atoms with van der Waals surface area (Å²) in [4.78, 5) is 25.1. The molecule has 22 heavy (non-hydrogen) atoms. The molecule has 0 fully saturated rings. The van der Waals surface area contributed by atoms with E-state index in [0.29, 0.717) is 17.9 Å². The van der Waals surface area contributed by atoms with Crippen LogP contribution in [0.2, 0.25) is 0 Å². The van der Waals surface area contributed by atoms with Gasteiger partial charge in [0.2, 0.25) is 0 Å². The van der Waals surface area contributed by atoms with Crippen LogP contribution in [0.5, 0.6) is 0 Å². The first kappa shape index (κ1) is 15.6. The SMILES string of the molecule is CN(C)C(=O)Nc1cccc(CNC(=O)c2cccn2C)c1. The summed E-state index contributed by atoms with van der Waals surface area (Å²) in [7, 11) is 5.19. The highest BCUT2D eigenvalue weighted by Crippen LogP contribution is 2.11. The van der Waals surface area contributed by atoms with Gasteiger partial charge in [0.05, 0.1) is 0 Å². The Hall–Kier alpha value is -2.76. The number of aryl methyl sites for hydroxylation is 1. The Morgan fingerprint density at radius 3 is 2.59 bits per heavy atom. The quantitative estimate of drug-likeness (QED) is 0.907. The summed E-state index contributed by atoms with van der Waals surface area (Å²) in [5.74, 6) is -0.129. The molecule has 6 nitrogen and oxygen atoms in total. The lowest BCUT2D eigenvalue weighted by atomic mass is 10.2. The molecule has 0 atom stereocenters. The number of carbonyl (C=O) groups excluding carboxylic acids is 2. The van der Waals surface area contributed by atoms with Gasteiger partial charge < -0.3 is 20.1 Å². The topological polar surface area (TPSA) is 66.4 Å². The summed E-state index contributed by atoms with van der Waals surface area (Å²) < 4.78 is 1.77. The van der Waals surface area contributed by atoms with E-state index in [0.717, 1.165) is 5.56 Å². The zero-order chi connectivity index (χ0) is 16.1.